The Kier molecular flexibility index (Phi) is 2.05. The number of aromatic nitrogens is 5. The lowest BCUT2D eigenvalue weighted by atomic mass is 10.0. The Morgan fingerprint density at radius 3 is 2.79 bits per heavy atom. The van der Waals surface area contributed by atoms with Crippen molar-refractivity contribution in [2.45, 2.75) is 0 Å². The van der Waals surface area contributed by atoms with Crippen molar-refractivity contribution in [3.63, 3.8) is 0 Å². The Labute approximate surface area is 108 Å². The van der Waals surface area contributed by atoms with E-state index in [0.717, 1.165) is 27.2 Å². The van der Waals surface area contributed by atoms with E-state index in [-0.39, 0.29) is 0 Å². The molecule has 0 aliphatic rings. The highest BCUT2D eigenvalue weighted by Gasteiger charge is 2.11. The fraction of sp³-hybridized carbons (Fsp3) is 0. The first kappa shape index (κ1) is 10.1. The molecular weight excluding hydrogens is 238 g/mol. The molecular formula is C14H8N5. The van der Waals surface area contributed by atoms with E-state index in [1.54, 1.807) is 12.4 Å². The van der Waals surface area contributed by atoms with Crippen LogP contribution in [0.25, 0.3) is 33.1 Å². The minimum Gasteiger partial charge on any atom is -0.277 e. The molecule has 0 bridgehead atoms. The fourth-order valence-corrected chi connectivity index (χ4v) is 2.28. The summed E-state index contributed by atoms with van der Waals surface area (Å²) in [5.74, 6) is 0.607. The number of rotatable bonds is 1. The van der Waals surface area contributed by atoms with Crippen LogP contribution in [0.1, 0.15) is 0 Å². The summed E-state index contributed by atoms with van der Waals surface area (Å²) < 4.78 is 0. The van der Waals surface area contributed by atoms with Gasteiger partial charge in [-0.15, -0.1) is 5.10 Å². The molecule has 4 rings (SSSR count). The lowest BCUT2D eigenvalue weighted by Gasteiger charge is -2.05. The van der Waals surface area contributed by atoms with Gasteiger partial charge in [-0.1, -0.05) is 24.3 Å². The smallest absolute Gasteiger partial charge is 0.182 e. The average molecular weight is 246 g/mol. The maximum atomic E-state index is 4.27. The van der Waals surface area contributed by atoms with Crippen molar-refractivity contribution in [2.75, 3.05) is 0 Å². The monoisotopic (exact) mass is 246 g/mol. The standard InChI is InChI=1S/C14H8N5/c1-2-4-10-9(3-1)11(14-15-5-6-16-19-14)7-13-12(10)8-17-18-13/h1-7H,(H,17,18). The topological polar surface area (TPSA) is 67.3 Å². The number of aromatic amines is 1. The van der Waals surface area contributed by atoms with Gasteiger partial charge in [0.2, 0.25) is 0 Å². The molecule has 0 fully saturated rings. The van der Waals surface area contributed by atoms with Gasteiger partial charge in [0.1, 0.15) is 6.20 Å². The van der Waals surface area contributed by atoms with Gasteiger partial charge in [0, 0.05) is 17.1 Å². The highest BCUT2D eigenvalue weighted by atomic mass is 15.1. The van der Waals surface area contributed by atoms with E-state index in [2.05, 4.69) is 31.6 Å². The van der Waals surface area contributed by atoms with Crippen molar-refractivity contribution in [3.8, 4) is 11.4 Å². The van der Waals surface area contributed by atoms with Crippen LogP contribution in [-0.4, -0.2) is 25.4 Å². The third-order valence-electron chi connectivity index (χ3n) is 3.11. The summed E-state index contributed by atoms with van der Waals surface area (Å²) in [6.07, 6.45) is 6.18. The van der Waals surface area contributed by atoms with Crippen LogP contribution < -0.4 is 0 Å². The van der Waals surface area contributed by atoms with Crippen molar-refractivity contribution in [1.29, 1.82) is 0 Å². The van der Waals surface area contributed by atoms with Crippen LogP contribution in [0, 0.1) is 6.20 Å². The number of nitrogens with zero attached hydrogens (tertiary/aromatic N) is 4. The van der Waals surface area contributed by atoms with E-state index in [4.69, 9.17) is 0 Å². The van der Waals surface area contributed by atoms with Gasteiger partial charge in [0.15, 0.2) is 5.82 Å². The number of hydrogen-bond acceptors (Lipinski definition) is 4. The Bertz CT molecular complexity index is 867. The molecule has 1 radical (unpaired) electrons. The summed E-state index contributed by atoms with van der Waals surface area (Å²) in [4.78, 5) is 4.27. The summed E-state index contributed by atoms with van der Waals surface area (Å²) in [5.41, 5.74) is 1.86. The van der Waals surface area contributed by atoms with Crippen LogP contribution in [0.2, 0.25) is 0 Å². The normalized spacial score (nSPS) is 11.2. The highest BCUT2D eigenvalue weighted by molar-refractivity contribution is 6.11. The van der Waals surface area contributed by atoms with Gasteiger partial charge in [0.05, 0.1) is 11.7 Å². The number of hydrogen-bond donors (Lipinski definition) is 1. The van der Waals surface area contributed by atoms with Crippen LogP contribution in [0.4, 0.5) is 0 Å². The van der Waals surface area contributed by atoms with Crippen LogP contribution in [0.5, 0.6) is 0 Å². The Morgan fingerprint density at radius 1 is 1.05 bits per heavy atom. The summed E-state index contributed by atoms with van der Waals surface area (Å²) in [7, 11) is 0. The lowest BCUT2D eigenvalue weighted by Crippen LogP contribution is -1.91. The molecule has 0 atom stereocenters. The first-order valence-corrected chi connectivity index (χ1v) is 5.85. The molecule has 0 saturated heterocycles. The molecule has 89 valence electrons. The summed E-state index contributed by atoms with van der Waals surface area (Å²) >= 11 is 0. The first-order chi connectivity index (χ1) is 9.43. The zero-order chi connectivity index (χ0) is 12.7. The predicted molar refractivity (Wildman–Crippen MR) is 71.3 cm³/mol. The van der Waals surface area contributed by atoms with Crippen molar-refractivity contribution in [1.82, 2.24) is 25.4 Å². The molecule has 19 heavy (non-hydrogen) atoms. The molecule has 0 spiro atoms. The van der Waals surface area contributed by atoms with Crippen LogP contribution in [0.3, 0.4) is 0 Å². The third-order valence-corrected chi connectivity index (χ3v) is 3.11. The summed E-state index contributed by atoms with van der Waals surface area (Å²) in [5, 5.41) is 18.0. The third kappa shape index (κ3) is 1.48. The van der Waals surface area contributed by atoms with Crippen LogP contribution in [0.15, 0.2) is 42.7 Å². The minimum atomic E-state index is 0.607. The van der Waals surface area contributed by atoms with Gasteiger partial charge >= 0.3 is 0 Å². The van der Waals surface area contributed by atoms with Crippen LogP contribution in [-0.2, 0) is 0 Å². The molecule has 0 saturated carbocycles. The molecule has 2 heterocycles. The first-order valence-electron chi connectivity index (χ1n) is 5.85. The van der Waals surface area contributed by atoms with Crippen molar-refractivity contribution in [2.24, 2.45) is 0 Å². The zero-order valence-corrected chi connectivity index (χ0v) is 9.83. The van der Waals surface area contributed by atoms with E-state index in [1.807, 2.05) is 30.3 Å². The molecule has 5 nitrogen and oxygen atoms in total. The molecule has 0 unspecified atom stereocenters. The van der Waals surface area contributed by atoms with Gasteiger partial charge < -0.3 is 0 Å². The molecule has 2 aromatic heterocycles. The molecule has 0 aliphatic heterocycles. The minimum absolute atomic E-state index is 0.607. The number of nitrogens with one attached hydrogen (secondary N) is 1. The number of benzene rings is 2. The van der Waals surface area contributed by atoms with Crippen molar-refractivity contribution < 1.29 is 0 Å². The second-order valence-corrected chi connectivity index (χ2v) is 4.19. The van der Waals surface area contributed by atoms with Crippen molar-refractivity contribution >= 4 is 21.7 Å². The predicted octanol–water partition coefficient (Wildman–Crippen LogP) is 2.37. The lowest BCUT2D eigenvalue weighted by molar-refractivity contribution is 0.981. The SMILES string of the molecule is [c]1n[nH]c2cc(-c3nccnn3)c3ccccc3c12. The van der Waals surface area contributed by atoms with E-state index in [9.17, 15) is 0 Å². The Balaban J connectivity index is 2.19. The molecule has 0 amide bonds. The largest absolute Gasteiger partial charge is 0.277 e. The highest BCUT2D eigenvalue weighted by Crippen LogP contribution is 2.31. The number of fused-ring (bicyclic) bond motifs is 3. The zero-order valence-electron chi connectivity index (χ0n) is 9.83. The summed E-state index contributed by atoms with van der Waals surface area (Å²) in [6.45, 7) is 0. The average Bonchev–Trinajstić information content (AvgIpc) is 2.96. The van der Waals surface area contributed by atoms with E-state index < -0.39 is 0 Å². The number of H-pyrrole nitrogens is 1. The maximum Gasteiger partial charge on any atom is 0.182 e. The van der Waals surface area contributed by atoms with Gasteiger partial charge in [-0.05, 0) is 16.8 Å². The van der Waals surface area contributed by atoms with E-state index in [1.165, 1.54) is 0 Å². The molecule has 1 N–H and O–H groups in total. The van der Waals surface area contributed by atoms with Gasteiger partial charge in [-0.2, -0.15) is 10.2 Å². The second kappa shape index (κ2) is 3.84. The summed E-state index contributed by atoms with van der Waals surface area (Å²) in [6, 6.07) is 10.1. The molecule has 5 heteroatoms. The van der Waals surface area contributed by atoms with E-state index >= 15 is 0 Å². The fourth-order valence-electron chi connectivity index (χ4n) is 2.28. The second-order valence-electron chi connectivity index (χ2n) is 4.19. The quantitative estimate of drug-likeness (QED) is 0.560. The molecule has 2 aromatic carbocycles. The Hall–Kier alpha value is -2.82. The Morgan fingerprint density at radius 2 is 1.95 bits per heavy atom. The maximum absolute atomic E-state index is 4.27. The van der Waals surface area contributed by atoms with Crippen molar-refractivity contribution in [3.05, 3.63) is 48.9 Å². The van der Waals surface area contributed by atoms with Gasteiger partial charge in [-0.3, -0.25) is 5.10 Å². The van der Waals surface area contributed by atoms with Crippen LogP contribution >= 0.6 is 0 Å². The van der Waals surface area contributed by atoms with Gasteiger partial charge in [0.25, 0.3) is 0 Å². The van der Waals surface area contributed by atoms with Gasteiger partial charge in [-0.25, -0.2) is 4.98 Å². The molecule has 0 aliphatic carbocycles. The van der Waals surface area contributed by atoms with E-state index in [0.29, 0.717) is 5.82 Å². The molecule has 4 aromatic rings.